The van der Waals surface area contributed by atoms with Crippen LogP contribution in [0.3, 0.4) is 0 Å². The Labute approximate surface area is 115 Å². The minimum Gasteiger partial charge on any atom is -0.361 e. The summed E-state index contributed by atoms with van der Waals surface area (Å²) in [7, 11) is 0. The molecule has 2 fully saturated rings. The predicted octanol–water partition coefficient (Wildman–Crippen LogP) is 2.29. The molecule has 0 unspecified atom stereocenters. The van der Waals surface area contributed by atoms with Crippen LogP contribution in [0.5, 0.6) is 0 Å². The Morgan fingerprint density at radius 3 is 2.63 bits per heavy atom. The molecular weight excluding hydrogens is 238 g/mol. The van der Waals surface area contributed by atoms with E-state index < -0.39 is 0 Å². The molecule has 1 saturated heterocycles. The van der Waals surface area contributed by atoms with Gasteiger partial charge in [0, 0.05) is 44.8 Å². The van der Waals surface area contributed by atoms with E-state index in [1.54, 1.807) is 0 Å². The molecule has 0 aromatic carbocycles. The zero-order valence-corrected chi connectivity index (χ0v) is 12.1. The largest absolute Gasteiger partial charge is 0.361 e. The van der Waals surface area contributed by atoms with E-state index in [1.165, 1.54) is 32.4 Å². The van der Waals surface area contributed by atoms with Crippen LogP contribution in [0.4, 0.5) is 0 Å². The minimum absolute atomic E-state index is 0.853. The van der Waals surface area contributed by atoms with Crippen LogP contribution in [0.1, 0.15) is 37.6 Å². The first kappa shape index (κ1) is 13.1. The van der Waals surface area contributed by atoms with E-state index in [-0.39, 0.29) is 0 Å². The second-order valence-corrected chi connectivity index (χ2v) is 6.31. The molecule has 1 saturated carbocycles. The Kier molecular flexibility index (Phi) is 3.89. The first-order valence-electron chi connectivity index (χ1n) is 7.59. The molecule has 4 nitrogen and oxygen atoms in total. The zero-order chi connectivity index (χ0) is 13.2. The molecule has 0 bridgehead atoms. The van der Waals surface area contributed by atoms with Gasteiger partial charge in [0.25, 0.3) is 0 Å². The molecule has 19 heavy (non-hydrogen) atoms. The van der Waals surface area contributed by atoms with Gasteiger partial charge in [0.2, 0.25) is 0 Å². The minimum atomic E-state index is 0.853. The normalized spacial score (nSPS) is 30.0. The Balaban J connectivity index is 1.47. The number of nitrogens with zero attached hydrogens (tertiary/aromatic N) is 3. The molecule has 0 radical (unpaired) electrons. The maximum absolute atomic E-state index is 5.13. The van der Waals surface area contributed by atoms with Gasteiger partial charge >= 0.3 is 0 Å². The fourth-order valence-corrected chi connectivity index (χ4v) is 3.52. The van der Waals surface area contributed by atoms with Crippen LogP contribution in [-0.4, -0.2) is 47.2 Å². The summed E-state index contributed by atoms with van der Waals surface area (Å²) in [5.41, 5.74) is 1.07. The highest BCUT2D eigenvalue weighted by atomic mass is 16.5. The van der Waals surface area contributed by atoms with Gasteiger partial charge in [0.1, 0.15) is 5.76 Å². The summed E-state index contributed by atoms with van der Waals surface area (Å²) < 4.78 is 5.13. The van der Waals surface area contributed by atoms with E-state index in [2.05, 4.69) is 21.9 Å². The van der Waals surface area contributed by atoms with Gasteiger partial charge in [-0.25, -0.2) is 0 Å². The summed E-state index contributed by atoms with van der Waals surface area (Å²) >= 11 is 0. The third kappa shape index (κ3) is 3.18. The number of aryl methyl sites for hydroxylation is 1. The second kappa shape index (κ2) is 5.63. The predicted molar refractivity (Wildman–Crippen MR) is 74.9 cm³/mol. The second-order valence-electron chi connectivity index (χ2n) is 6.31. The Morgan fingerprint density at radius 2 is 2.05 bits per heavy atom. The number of rotatable bonds is 3. The van der Waals surface area contributed by atoms with E-state index in [0.717, 1.165) is 43.0 Å². The third-order valence-corrected chi connectivity index (χ3v) is 4.65. The highest BCUT2D eigenvalue weighted by Crippen LogP contribution is 2.29. The molecule has 2 heterocycles. The van der Waals surface area contributed by atoms with Crippen molar-refractivity contribution < 1.29 is 4.52 Å². The SMILES string of the molecule is Cc1cc(CN2CCN([C@@H]3CC[C@H](C)C3)CC2)no1. The molecule has 2 aliphatic rings. The molecule has 0 amide bonds. The molecule has 1 aromatic heterocycles. The van der Waals surface area contributed by atoms with Crippen LogP contribution >= 0.6 is 0 Å². The lowest BCUT2D eigenvalue weighted by molar-refractivity contribution is 0.0910. The molecule has 3 rings (SSSR count). The summed E-state index contributed by atoms with van der Waals surface area (Å²) in [6.07, 6.45) is 4.23. The molecule has 2 atom stereocenters. The number of hydrogen-bond acceptors (Lipinski definition) is 4. The highest BCUT2D eigenvalue weighted by Gasteiger charge is 2.29. The molecule has 1 aromatic rings. The topological polar surface area (TPSA) is 32.5 Å². The van der Waals surface area contributed by atoms with Crippen LogP contribution in [0.15, 0.2) is 10.6 Å². The fourth-order valence-electron chi connectivity index (χ4n) is 3.52. The lowest BCUT2D eigenvalue weighted by atomic mass is 10.1. The monoisotopic (exact) mass is 263 g/mol. The van der Waals surface area contributed by atoms with Crippen molar-refractivity contribution in [3.8, 4) is 0 Å². The zero-order valence-electron chi connectivity index (χ0n) is 12.1. The van der Waals surface area contributed by atoms with Crippen LogP contribution in [0, 0.1) is 12.8 Å². The molecule has 4 heteroatoms. The van der Waals surface area contributed by atoms with E-state index in [0.29, 0.717) is 0 Å². The van der Waals surface area contributed by atoms with Crippen molar-refractivity contribution in [3.63, 3.8) is 0 Å². The van der Waals surface area contributed by atoms with E-state index in [4.69, 9.17) is 4.52 Å². The number of hydrogen-bond donors (Lipinski definition) is 0. The average molecular weight is 263 g/mol. The van der Waals surface area contributed by atoms with Gasteiger partial charge in [0.05, 0.1) is 5.69 Å². The quantitative estimate of drug-likeness (QED) is 0.837. The van der Waals surface area contributed by atoms with Gasteiger partial charge in [-0.2, -0.15) is 0 Å². The Bertz CT molecular complexity index is 409. The Hall–Kier alpha value is -0.870. The summed E-state index contributed by atoms with van der Waals surface area (Å²) in [6.45, 7) is 10.0. The van der Waals surface area contributed by atoms with Crippen LogP contribution < -0.4 is 0 Å². The van der Waals surface area contributed by atoms with Crippen molar-refractivity contribution in [2.75, 3.05) is 26.2 Å². The smallest absolute Gasteiger partial charge is 0.133 e. The lowest BCUT2D eigenvalue weighted by Crippen LogP contribution is -2.49. The summed E-state index contributed by atoms with van der Waals surface area (Å²) in [6, 6.07) is 2.90. The van der Waals surface area contributed by atoms with Crippen LogP contribution in [0.2, 0.25) is 0 Å². The van der Waals surface area contributed by atoms with Gasteiger partial charge in [-0.05, 0) is 32.1 Å². The highest BCUT2D eigenvalue weighted by molar-refractivity contribution is 5.03. The molecule has 0 spiro atoms. The van der Waals surface area contributed by atoms with Gasteiger partial charge < -0.3 is 4.52 Å². The van der Waals surface area contributed by atoms with Crippen molar-refractivity contribution >= 4 is 0 Å². The average Bonchev–Trinajstić information content (AvgIpc) is 3.00. The summed E-state index contributed by atoms with van der Waals surface area (Å²) in [4.78, 5) is 5.19. The summed E-state index contributed by atoms with van der Waals surface area (Å²) in [5, 5.41) is 4.09. The summed E-state index contributed by atoms with van der Waals surface area (Å²) in [5.74, 6) is 1.84. The van der Waals surface area contributed by atoms with Crippen molar-refractivity contribution in [2.45, 2.75) is 45.7 Å². The van der Waals surface area contributed by atoms with Gasteiger partial charge in [-0.1, -0.05) is 12.1 Å². The third-order valence-electron chi connectivity index (χ3n) is 4.65. The lowest BCUT2D eigenvalue weighted by Gasteiger charge is -2.37. The maximum atomic E-state index is 5.13. The fraction of sp³-hybridized carbons (Fsp3) is 0.800. The molecule has 106 valence electrons. The number of aromatic nitrogens is 1. The van der Waals surface area contributed by atoms with Crippen LogP contribution in [0.25, 0.3) is 0 Å². The van der Waals surface area contributed by atoms with E-state index in [1.807, 2.05) is 13.0 Å². The molecular formula is C15H25N3O. The van der Waals surface area contributed by atoms with Crippen molar-refractivity contribution in [2.24, 2.45) is 5.92 Å². The van der Waals surface area contributed by atoms with Gasteiger partial charge in [-0.15, -0.1) is 0 Å². The number of piperazine rings is 1. The molecule has 1 aliphatic carbocycles. The van der Waals surface area contributed by atoms with Gasteiger partial charge in [0.15, 0.2) is 0 Å². The molecule has 0 N–H and O–H groups in total. The molecule has 1 aliphatic heterocycles. The van der Waals surface area contributed by atoms with Crippen LogP contribution in [-0.2, 0) is 6.54 Å². The van der Waals surface area contributed by atoms with Crippen molar-refractivity contribution in [1.82, 2.24) is 15.0 Å². The maximum Gasteiger partial charge on any atom is 0.133 e. The van der Waals surface area contributed by atoms with Gasteiger partial charge in [-0.3, -0.25) is 9.80 Å². The Morgan fingerprint density at radius 1 is 1.26 bits per heavy atom. The van der Waals surface area contributed by atoms with Crippen molar-refractivity contribution in [1.29, 1.82) is 0 Å². The first-order valence-corrected chi connectivity index (χ1v) is 7.59. The van der Waals surface area contributed by atoms with E-state index >= 15 is 0 Å². The van der Waals surface area contributed by atoms with Crippen molar-refractivity contribution in [3.05, 3.63) is 17.5 Å². The standard InChI is InChI=1S/C15H25N3O/c1-12-3-4-15(9-12)18-7-5-17(6-8-18)11-14-10-13(2)19-16-14/h10,12,15H,3-9,11H2,1-2H3/t12-,15+/m0/s1. The van der Waals surface area contributed by atoms with E-state index in [9.17, 15) is 0 Å². The first-order chi connectivity index (χ1) is 9.20.